The number of carbonyl (C=O) groups is 1. The number of carboxylic acid groups (broad SMARTS) is 1. The second kappa shape index (κ2) is 4.45. The van der Waals surface area contributed by atoms with Gasteiger partial charge in [-0.15, -0.1) is 0 Å². The summed E-state index contributed by atoms with van der Waals surface area (Å²) < 4.78 is 0. The molecule has 78 valence electrons. The molecule has 1 aliphatic carbocycles. The predicted octanol–water partition coefficient (Wildman–Crippen LogP) is 3.15. The average Bonchev–Trinajstić information content (AvgIpc) is 2.18. The van der Waals surface area contributed by atoms with E-state index in [1.165, 1.54) is 5.57 Å². The summed E-state index contributed by atoms with van der Waals surface area (Å²) in [6.45, 7) is 4.17. The molecule has 1 N–H and O–H groups in total. The van der Waals surface area contributed by atoms with Crippen molar-refractivity contribution in [3.63, 3.8) is 0 Å². The van der Waals surface area contributed by atoms with Crippen molar-refractivity contribution in [2.45, 2.75) is 39.5 Å². The fraction of sp³-hybridized carbons (Fsp3) is 0.583. The van der Waals surface area contributed by atoms with Crippen LogP contribution in [0.15, 0.2) is 23.8 Å². The summed E-state index contributed by atoms with van der Waals surface area (Å²) in [5.41, 5.74) is 1.18. The molecule has 0 aromatic rings. The minimum atomic E-state index is -0.704. The molecule has 0 saturated carbocycles. The third kappa shape index (κ3) is 2.47. The monoisotopic (exact) mass is 194 g/mol. The van der Waals surface area contributed by atoms with Gasteiger partial charge in [-0.05, 0) is 19.3 Å². The lowest BCUT2D eigenvalue weighted by Crippen LogP contribution is -2.22. The van der Waals surface area contributed by atoms with Crippen LogP contribution >= 0.6 is 0 Å². The van der Waals surface area contributed by atoms with Gasteiger partial charge >= 0.3 is 5.97 Å². The van der Waals surface area contributed by atoms with E-state index in [9.17, 15) is 4.79 Å². The Bertz CT molecular complexity index is 276. The van der Waals surface area contributed by atoms with Crippen molar-refractivity contribution in [3.8, 4) is 0 Å². The van der Waals surface area contributed by atoms with Crippen LogP contribution in [0.4, 0.5) is 0 Å². The van der Waals surface area contributed by atoms with E-state index in [0.717, 1.165) is 19.3 Å². The lowest BCUT2D eigenvalue weighted by molar-refractivity contribution is -0.139. The Labute approximate surface area is 85.3 Å². The van der Waals surface area contributed by atoms with Gasteiger partial charge in [0.1, 0.15) is 0 Å². The minimum Gasteiger partial charge on any atom is -0.481 e. The van der Waals surface area contributed by atoms with Crippen molar-refractivity contribution in [1.29, 1.82) is 0 Å². The van der Waals surface area contributed by atoms with Gasteiger partial charge in [-0.25, -0.2) is 0 Å². The molecular weight excluding hydrogens is 176 g/mol. The van der Waals surface area contributed by atoms with E-state index in [1.807, 2.05) is 0 Å². The van der Waals surface area contributed by atoms with Gasteiger partial charge in [-0.3, -0.25) is 4.79 Å². The van der Waals surface area contributed by atoms with Gasteiger partial charge < -0.3 is 5.11 Å². The maximum absolute atomic E-state index is 10.7. The van der Waals surface area contributed by atoms with Gasteiger partial charge in [-0.2, -0.15) is 0 Å². The van der Waals surface area contributed by atoms with Crippen molar-refractivity contribution in [1.82, 2.24) is 0 Å². The third-order valence-electron chi connectivity index (χ3n) is 3.04. The van der Waals surface area contributed by atoms with Crippen LogP contribution in [0.25, 0.3) is 0 Å². The van der Waals surface area contributed by atoms with Gasteiger partial charge in [0, 0.05) is 5.41 Å². The minimum absolute atomic E-state index is 0.134. The summed E-state index contributed by atoms with van der Waals surface area (Å²) >= 11 is 0. The predicted molar refractivity (Wildman–Crippen MR) is 57.1 cm³/mol. The number of hydrogen-bond acceptors (Lipinski definition) is 1. The maximum Gasteiger partial charge on any atom is 0.304 e. The molecule has 1 unspecified atom stereocenters. The Hall–Kier alpha value is -1.05. The molecule has 0 aromatic carbocycles. The fourth-order valence-corrected chi connectivity index (χ4v) is 1.84. The summed E-state index contributed by atoms with van der Waals surface area (Å²) in [5.74, 6) is -0.704. The highest BCUT2D eigenvalue weighted by molar-refractivity contribution is 5.68. The van der Waals surface area contributed by atoms with Crippen LogP contribution < -0.4 is 0 Å². The fourth-order valence-electron chi connectivity index (χ4n) is 1.84. The maximum atomic E-state index is 10.7. The molecule has 0 fully saturated rings. The van der Waals surface area contributed by atoms with Crippen molar-refractivity contribution in [2.24, 2.45) is 5.41 Å². The van der Waals surface area contributed by atoms with E-state index in [4.69, 9.17) is 5.11 Å². The SMILES string of the molecule is CCC1=CCC(CC)(CC(=O)O)C=C1. The zero-order chi connectivity index (χ0) is 10.6. The van der Waals surface area contributed by atoms with E-state index in [2.05, 4.69) is 32.1 Å². The summed E-state index contributed by atoms with van der Waals surface area (Å²) in [7, 11) is 0. The van der Waals surface area contributed by atoms with Crippen LogP contribution in [-0.2, 0) is 4.79 Å². The topological polar surface area (TPSA) is 37.3 Å². The van der Waals surface area contributed by atoms with E-state index >= 15 is 0 Å². The quantitative estimate of drug-likeness (QED) is 0.746. The van der Waals surface area contributed by atoms with Crippen LogP contribution in [-0.4, -0.2) is 11.1 Å². The molecular formula is C12H18O2. The highest BCUT2D eigenvalue weighted by Gasteiger charge is 2.28. The van der Waals surface area contributed by atoms with Crippen molar-refractivity contribution >= 4 is 5.97 Å². The van der Waals surface area contributed by atoms with Gasteiger partial charge in [-0.1, -0.05) is 37.6 Å². The molecule has 0 heterocycles. The van der Waals surface area contributed by atoms with Crippen molar-refractivity contribution in [3.05, 3.63) is 23.8 Å². The zero-order valence-electron chi connectivity index (χ0n) is 8.92. The molecule has 0 radical (unpaired) electrons. The Morgan fingerprint density at radius 1 is 1.57 bits per heavy atom. The van der Waals surface area contributed by atoms with Gasteiger partial charge in [0.25, 0.3) is 0 Å². The van der Waals surface area contributed by atoms with E-state index in [-0.39, 0.29) is 11.8 Å². The molecule has 2 nitrogen and oxygen atoms in total. The van der Waals surface area contributed by atoms with Crippen LogP contribution in [0.1, 0.15) is 39.5 Å². The van der Waals surface area contributed by atoms with Crippen LogP contribution in [0.5, 0.6) is 0 Å². The Morgan fingerprint density at radius 3 is 2.64 bits per heavy atom. The molecule has 2 heteroatoms. The lowest BCUT2D eigenvalue weighted by Gasteiger charge is -2.29. The summed E-state index contributed by atoms with van der Waals surface area (Å²) in [6.07, 6.45) is 9.37. The summed E-state index contributed by atoms with van der Waals surface area (Å²) in [4.78, 5) is 10.7. The van der Waals surface area contributed by atoms with E-state index < -0.39 is 5.97 Å². The Kier molecular flexibility index (Phi) is 3.50. The Morgan fingerprint density at radius 2 is 2.29 bits per heavy atom. The molecule has 0 saturated heterocycles. The normalized spacial score (nSPS) is 26.0. The molecule has 0 aromatic heterocycles. The van der Waals surface area contributed by atoms with Crippen LogP contribution in [0.3, 0.4) is 0 Å². The summed E-state index contributed by atoms with van der Waals surface area (Å²) in [6, 6.07) is 0. The molecule has 1 rings (SSSR count). The largest absolute Gasteiger partial charge is 0.481 e. The Balaban J connectivity index is 2.72. The average molecular weight is 194 g/mol. The van der Waals surface area contributed by atoms with Crippen LogP contribution in [0, 0.1) is 5.41 Å². The number of rotatable bonds is 4. The van der Waals surface area contributed by atoms with Crippen molar-refractivity contribution in [2.75, 3.05) is 0 Å². The molecule has 0 amide bonds. The number of aliphatic carboxylic acids is 1. The highest BCUT2D eigenvalue weighted by atomic mass is 16.4. The first kappa shape index (κ1) is 11.0. The number of carboxylic acids is 1. The van der Waals surface area contributed by atoms with Crippen LogP contribution in [0.2, 0.25) is 0 Å². The second-order valence-electron chi connectivity index (χ2n) is 3.96. The molecule has 14 heavy (non-hydrogen) atoms. The number of allylic oxidation sites excluding steroid dienone is 4. The molecule has 0 spiro atoms. The van der Waals surface area contributed by atoms with Gasteiger partial charge in [0.05, 0.1) is 6.42 Å². The first-order valence-corrected chi connectivity index (χ1v) is 5.22. The van der Waals surface area contributed by atoms with Gasteiger partial charge in [0.2, 0.25) is 0 Å². The number of hydrogen-bond donors (Lipinski definition) is 1. The molecule has 1 atom stereocenters. The smallest absolute Gasteiger partial charge is 0.304 e. The molecule has 1 aliphatic rings. The summed E-state index contributed by atoms with van der Waals surface area (Å²) in [5, 5.41) is 8.83. The standard InChI is InChI=1S/C12H18O2/c1-3-10-5-7-12(4-2,8-6-10)9-11(13)14/h5-7H,3-4,8-9H2,1-2H3,(H,13,14). The first-order chi connectivity index (χ1) is 6.62. The van der Waals surface area contributed by atoms with E-state index in [1.54, 1.807) is 0 Å². The van der Waals surface area contributed by atoms with E-state index in [0.29, 0.717) is 0 Å². The van der Waals surface area contributed by atoms with Crippen molar-refractivity contribution < 1.29 is 9.90 Å². The lowest BCUT2D eigenvalue weighted by atomic mass is 9.75. The first-order valence-electron chi connectivity index (χ1n) is 5.22. The molecule has 0 aliphatic heterocycles. The molecule has 0 bridgehead atoms. The van der Waals surface area contributed by atoms with Gasteiger partial charge in [0.15, 0.2) is 0 Å². The highest BCUT2D eigenvalue weighted by Crippen LogP contribution is 2.37. The zero-order valence-corrected chi connectivity index (χ0v) is 8.92. The third-order valence-corrected chi connectivity index (χ3v) is 3.04. The second-order valence-corrected chi connectivity index (χ2v) is 3.96.